The first-order valence-corrected chi connectivity index (χ1v) is 7.25. The molecule has 0 saturated carbocycles. The molecule has 0 radical (unpaired) electrons. The van der Waals surface area contributed by atoms with Crippen molar-refractivity contribution in [1.82, 2.24) is 15.2 Å². The van der Waals surface area contributed by atoms with E-state index in [1.807, 2.05) is 6.92 Å². The Balaban J connectivity index is 1.86. The molecule has 6 nitrogen and oxygen atoms in total. The number of pyridine rings is 1. The maximum Gasteiger partial charge on any atom is 0.335 e. The third kappa shape index (κ3) is 4.53. The standard InChI is InChI=1S/C15H21N3O3/c1-2-16-14(19)7-11-4-6-18(9-11)10-13-8-12(15(20)21)3-5-17-13/h3,5,8,11H,2,4,6-7,9-10H2,1H3,(H,16,19)(H,20,21)/t11-/m0/s1. The molecule has 1 aliphatic heterocycles. The third-order valence-corrected chi connectivity index (χ3v) is 3.67. The van der Waals surface area contributed by atoms with Crippen molar-refractivity contribution < 1.29 is 14.7 Å². The van der Waals surface area contributed by atoms with Crippen molar-refractivity contribution >= 4 is 11.9 Å². The van der Waals surface area contributed by atoms with Crippen LogP contribution in [-0.4, -0.2) is 46.5 Å². The molecule has 0 spiro atoms. The fourth-order valence-corrected chi connectivity index (χ4v) is 2.68. The number of amides is 1. The number of carboxylic acids is 1. The molecule has 0 aromatic carbocycles. The van der Waals surface area contributed by atoms with Crippen molar-refractivity contribution in [2.24, 2.45) is 5.92 Å². The second kappa shape index (κ2) is 7.17. The summed E-state index contributed by atoms with van der Waals surface area (Å²) in [5.74, 6) is -0.455. The first kappa shape index (κ1) is 15.4. The van der Waals surface area contributed by atoms with Crippen molar-refractivity contribution in [1.29, 1.82) is 0 Å². The minimum Gasteiger partial charge on any atom is -0.478 e. The van der Waals surface area contributed by atoms with Gasteiger partial charge in [-0.2, -0.15) is 0 Å². The Morgan fingerprint density at radius 1 is 1.52 bits per heavy atom. The number of nitrogens with one attached hydrogen (secondary N) is 1. The van der Waals surface area contributed by atoms with Gasteiger partial charge in [0.2, 0.25) is 5.91 Å². The topological polar surface area (TPSA) is 82.5 Å². The van der Waals surface area contributed by atoms with Gasteiger partial charge in [0.15, 0.2) is 0 Å². The summed E-state index contributed by atoms with van der Waals surface area (Å²) in [5.41, 5.74) is 1.02. The molecule has 0 unspecified atom stereocenters. The van der Waals surface area contributed by atoms with Gasteiger partial charge in [-0.1, -0.05) is 0 Å². The van der Waals surface area contributed by atoms with Crippen LogP contribution in [0.15, 0.2) is 18.3 Å². The Kier molecular flexibility index (Phi) is 5.27. The van der Waals surface area contributed by atoms with Crippen LogP contribution in [0.5, 0.6) is 0 Å². The van der Waals surface area contributed by atoms with Gasteiger partial charge in [-0.15, -0.1) is 0 Å². The predicted molar refractivity (Wildman–Crippen MR) is 77.9 cm³/mol. The summed E-state index contributed by atoms with van der Waals surface area (Å²) in [7, 11) is 0. The van der Waals surface area contributed by atoms with Gasteiger partial charge in [-0.05, 0) is 37.9 Å². The molecule has 2 heterocycles. The van der Waals surface area contributed by atoms with Crippen molar-refractivity contribution in [2.75, 3.05) is 19.6 Å². The van der Waals surface area contributed by atoms with E-state index in [1.54, 1.807) is 6.07 Å². The maximum absolute atomic E-state index is 11.6. The summed E-state index contributed by atoms with van der Waals surface area (Å²) in [6.07, 6.45) is 3.09. The number of aromatic carboxylic acids is 1. The molecule has 0 bridgehead atoms. The molecule has 6 heteroatoms. The molecular formula is C15H21N3O3. The van der Waals surface area contributed by atoms with Gasteiger partial charge in [0.25, 0.3) is 0 Å². The lowest BCUT2D eigenvalue weighted by molar-refractivity contribution is -0.121. The minimum atomic E-state index is -0.936. The molecule has 1 aromatic heterocycles. The summed E-state index contributed by atoms with van der Waals surface area (Å²) in [6.45, 7) is 4.99. The molecule has 1 fully saturated rings. The molecule has 2 N–H and O–H groups in total. The number of carboxylic acid groups (broad SMARTS) is 1. The highest BCUT2D eigenvalue weighted by atomic mass is 16.4. The van der Waals surface area contributed by atoms with E-state index in [2.05, 4.69) is 15.2 Å². The van der Waals surface area contributed by atoms with Crippen molar-refractivity contribution in [2.45, 2.75) is 26.3 Å². The fourth-order valence-electron chi connectivity index (χ4n) is 2.68. The maximum atomic E-state index is 11.6. The summed E-state index contributed by atoms with van der Waals surface area (Å²) in [5, 5.41) is 11.8. The first-order valence-electron chi connectivity index (χ1n) is 7.25. The molecule has 114 valence electrons. The molecule has 0 aliphatic carbocycles. The van der Waals surface area contributed by atoms with Gasteiger partial charge in [0, 0.05) is 32.3 Å². The van der Waals surface area contributed by atoms with Gasteiger partial charge in [-0.3, -0.25) is 14.7 Å². The third-order valence-electron chi connectivity index (χ3n) is 3.67. The van der Waals surface area contributed by atoms with E-state index in [9.17, 15) is 9.59 Å². The predicted octanol–water partition coefficient (Wildman–Crippen LogP) is 1.13. The molecule has 1 aromatic rings. The van der Waals surface area contributed by atoms with E-state index < -0.39 is 5.97 Å². The zero-order valence-corrected chi connectivity index (χ0v) is 12.2. The number of carbonyl (C=O) groups is 2. The fraction of sp³-hybridized carbons (Fsp3) is 0.533. The SMILES string of the molecule is CCNC(=O)C[C@@H]1CCN(Cc2cc(C(=O)O)ccn2)C1. The van der Waals surface area contributed by atoms with Crippen molar-refractivity contribution in [3.8, 4) is 0 Å². The summed E-state index contributed by atoms with van der Waals surface area (Å²) >= 11 is 0. The molecule has 1 saturated heterocycles. The molecule has 1 atom stereocenters. The lowest BCUT2D eigenvalue weighted by Crippen LogP contribution is -2.26. The van der Waals surface area contributed by atoms with Crippen LogP contribution in [-0.2, 0) is 11.3 Å². The molecular weight excluding hydrogens is 270 g/mol. The molecule has 1 amide bonds. The lowest BCUT2D eigenvalue weighted by atomic mass is 10.0. The van der Waals surface area contributed by atoms with E-state index >= 15 is 0 Å². The number of hydrogen-bond donors (Lipinski definition) is 2. The zero-order valence-electron chi connectivity index (χ0n) is 12.2. The first-order chi connectivity index (χ1) is 10.1. The van der Waals surface area contributed by atoms with Crippen LogP contribution in [0.2, 0.25) is 0 Å². The Bertz CT molecular complexity index is 519. The van der Waals surface area contributed by atoms with Gasteiger partial charge in [-0.25, -0.2) is 4.79 Å². The van der Waals surface area contributed by atoms with E-state index in [1.165, 1.54) is 12.3 Å². The number of carbonyl (C=O) groups excluding carboxylic acids is 1. The largest absolute Gasteiger partial charge is 0.478 e. The Labute approximate surface area is 124 Å². The van der Waals surface area contributed by atoms with Crippen LogP contribution < -0.4 is 5.32 Å². The van der Waals surface area contributed by atoms with Gasteiger partial charge < -0.3 is 10.4 Å². The Hall–Kier alpha value is -1.95. The normalized spacial score (nSPS) is 18.6. The molecule has 2 rings (SSSR count). The van der Waals surface area contributed by atoms with E-state index in [-0.39, 0.29) is 11.5 Å². The number of likely N-dealkylation sites (tertiary alicyclic amines) is 1. The van der Waals surface area contributed by atoms with E-state index in [0.29, 0.717) is 25.4 Å². The van der Waals surface area contributed by atoms with Crippen LogP contribution in [0, 0.1) is 5.92 Å². The van der Waals surface area contributed by atoms with Crippen LogP contribution in [0.4, 0.5) is 0 Å². The summed E-state index contributed by atoms with van der Waals surface area (Å²) in [6, 6.07) is 3.10. The number of rotatable bonds is 6. The Morgan fingerprint density at radius 3 is 3.05 bits per heavy atom. The molecule has 21 heavy (non-hydrogen) atoms. The average molecular weight is 291 g/mol. The van der Waals surface area contributed by atoms with Crippen LogP contribution in [0.3, 0.4) is 0 Å². The van der Waals surface area contributed by atoms with Crippen molar-refractivity contribution in [3.05, 3.63) is 29.6 Å². The number of hydrogen-bond acceptors (Lipinski definition) is 4. The smallest absolute Gasteiger partial charge is 0.335 e. The second-order valence-corrected chi connectivity index (χ2v) is 5.39. The monoisotopic (exact) mass is 291 g/mol. The highest BCUT2D eigenvalue weighted by Crippen LogP contribution is 2.21. The van der Waals surface area contributed by atoms with E-state index in [4.69, 9.17) is 5.11 Å². The van der Waals surface area contributed by atoms with Gasteiger partial charge in [0.05, 0.1) is 11.3 Å². The lowest BCUT2D eigenvalue weighted by Gasteiger charge is -2.15. The minimum absolute atomic E-state index is 0.107. The number of aromatic nitrogens is 1. The van der Waals surface area contributed by atoms with Crippen LogP contribution in [0.1, 0.15) is 35.8 Å². The van der Waals surface area contributed by atoms with Crippen LogP contribution >= 0.6 is 0 Å². The molecule has 1 aliphatic rings. The number of nitrogens with zero attached hydrogens (tertiary/aromatic N) is 2. The summed E-state index contributed by atoms with van der Waals surface area (Å²) in [4.78, 5) is 29.0. The quantitative estimate of drug-likeness (QED) is 0.821. The summed E-state index contributed by atoms with van der Waals surface area (Å²) < 4.78 is 0. The highest BCUT2D eigenvalue weighted by molar-refractivity contribution is 5.87. The van der Waals surface area contributed by atoms with Gasteiger partial charge >= 0.3 is 5.97 Å². The van der Waals surface area contributed by atoms with E-state index in [0.717, 1.165) is 25.2 Å². The second-order valence-electron chi connectivity index (χ2n) is 5.39. The average Bonchev–Trinajstić information content (AvgIpc) is 2.86. The zero-order chi connectivity index (χ0) is 15.2. The van der Waals surface area contributed by atoms with Gasteiger partial charge in [0.1, 0.15) is 0 Å². The van der Waals surface area contributed by atoms with Crippen molar-refractivity contribution in [3.63, 3.8) is 0 Å². The Morgan fingerprint density at radius 2 is 2.33 bits per heavy atom. The highest BCUT2D eigenvalue weighted by Gasteiger charge is 2.24. The van der Waals surface area contributed by atoms with Crippen LogP contribution in [0.25, 0.3) is 0 Å².